The maximum Gasteiger partial charge on any atom is 0.200 e. The Balaban J connectivity index is 1.80. The van der Waals surface area contributed by atoms with Crippen molar-refractivity contribution in [2.75, 3.05) is 20.3 Å². The van der Waals surface area contributed by atoms with Crippen LogP contribution in [0.25, 0.3) is 0 Å². The van der Waals surface area contributed by atoms with Crippen LogP contribution in [-0.2, 0) is 15.8 Å². The third-order valence-electron chi connectivity index (χ3n) is 7.93. The van der Waals surface area contributed by atoms with Crippen LogP contribution in [0.3, 0.4) is 0 Å². The molecule has 204 valence electrons. The Kier molecular flexibility index (Phi) is 13.5. The van der Waals surface area contributed by atoms with Gasteiger partial charge in [0, 0.05) is 4.48 Å². The Hall–Kier alpha value is -0.923. The van der Waals surface area contributed by atoms with E-state index in [2.05, 4.69) is 69.6 Å². The minimum Gasteiger partial charge on any atom is -0.497 e. The third-order valence-corrected chi connectivity index (χ3v) is 14.5. The van der Waals surface area contributed by atoms with Gasteiger partial charge >= 0.3 is 0 Å². The molecule has 1 N–H and O–H groups in total. The lowest BCUT2D eigenvalue weighted by atomic mass is 9.89. The highest BCUT2D eigenvalue weighted by Gasteiger charge is 2.45. The molecule has 2 rings (SSSR count). The van der Waals surface area contributed by atoms with Gasteiger partial charge in [0.15, 0.2) is 0 Å². The highest BCUT2D eigenvalue weighted by molar-refractivity contribution is 9.11. The zero-order valence-corrected chi connectivity index (χ0v) is 26.1. The molecule has 0 radical (unpaired) electrons. The van der Waals surface area contributed by atoms with Crippen molar-refractivity contribution in [2.24, 2.45) is 11.8 Å². The van der Waals surface area contributed by atoms with Gasteiger partial charge in [-0.2, -0.15) is 0 Å². The molecule has 0 aliphatic heterocycles. The average Bonchev–Trinajstić information content (AvgIpc) is 3.30. The van der Waals surface area contributed by atoms with E-state index in [0.29, 0.717) is 54.7 Å². The maximum absolute atomic E-state index is 10.9. The second kappa shape index (κ2) is 15.5. The van der Waals surface area contributed by atoms with Crippen LogP contribution in [0.2, 0.25) is 16.6 Å². The van der Waals surface area contributed by atoms with Crippen LogP contribution in [0.4, 0.5) is 0 Å². The molecule has 0 amide bonds. The number of aliphatic hydroxyl groups excluding tert-OH is 1. The predicted octanol–water partition coefficient (Wildman–Crippen LogP) is 8.41. The molecule has 1 aromatic carbocycles. The third kappa shape index (κ3) is 8.83. The SMILES string of the molecule is COc1ccc(COC[C@@H]2CCC[C@H]2[C@@H](O)C/C=C/C=C(\Br)CO[Si](C(C)C)(C(C)C)C(C)C)cc1. The van der Waals surface area contributed by atoms with Gasteiger partial charge in [-0.1, -0.05) is 94.3 Å². The van der Waals surface area contributed by atoms with E-state index in [1.807, 2.05) is 30.3 Å². The van der Waals surface area contributed by atoms with Crippen LogP contribution < -0.4 is 4.74 Å². The molecule has 0 spiro atoms. The van der Waals surface area contributed by atoms with Gasteiger partial charge < -0.3 is 19.0 Å². The Morgan fingerprint density at radius 2 is 1.69 bits per heavy atom. The van der Waals surface area contributed by atoms with Crippen molar-refractivity contribution in [3.8, 4) is 5.75 Å². The quantitative estimate of drug-likeness (QED) is 0.167. The number of allylic oxidation sites excluding steroid dienone is 2. The molecule has 36 heavy (non-hydrogen) atoms. The number of rotatable bonds is 15. The summed E-state index contributed by atoms with van der Waals surface area (Å²) in [6.45, 7) is 15.8. The lowest BCUT2D eigenvalue weighted by Crippen LogP contribution is -2.48. The van der Waals surface area contributed by atoms with E-state index < -0.39 is 8.32 Å². The normalized spacial score (nSPS) is 20.3. The minimum absolute atomic E-state index is 0.302. The Morgan fingerprint density at radius 3 is 2.28 bits per heavy atom. The van der Waals surface area contributed by atoms with Crippen LogP contribution in [0.1, 0.15) is 72.8 Å². The van der Waals surface area contributed by atoms with E-state index in [0.717, 1.165) is 35.1 Å². The van der Waals surface area contributed by atoms with Gasteiger partial charge in [-0.25, -0.2) is 0 Å². The summed E-state index contributed by atoms with van der Waals surface area (Å²) < 4.78 is 18.9. The van der Waals surface area contributed by atoms with E-state index in [4.69, 9.17) is 13.9 Å². The second-order valence-corrected chi connectivity index (χ2v) is 17.6. The van der Waals surface area contributed by atoms with Gasteiger partial charge in [-0.3, -0.25) is 0 Å². The van der Waals surface area contributed by atoms with Crippen molar-refractivity contribution >= 4 is 24.2 Å². The molecule has 1 fully saturated rings. The molecule has 0 aromatic heterocycles. The summed E-state index contributed by atoms with van der Waals surface area (Å²) in [5.74, 6) is 1.58. The Bertz CT molecular complexity index is 797. The molecular weight excluding hydrogens is 532 g/mol. The number of methoxy groups -OCH3 is 1. The summed E-state index contributed by atoms with van der Waals surface area (Å²) in [5.41, 5.74) is 2.86. The molecule has 1 aromatic rings. The molecule has 4 nitrogen and oxygen atoms in total. The molecule has 0 bridgehead atoms. The average molecular weight is 582 g/mol. The second-order valence-electron chi connectivity index (χ2n) is 11.2. The smallest absolute Gasteiger partial charge is 0.200 e. The lowest BCUT2D eigenvalue weighted by molar-refractivity contribution is 0.0301. The van der Waals surface area contributed by atoms with E-state index >= 15 is 0 Å². The summed E-state index contributed by atoms with van der Waals surface area (Å²) in [5, 5.41) is 10.9. The van der Waals surface area contributed by atoms with Crippen LogP contribution >= 0.6 is 15.9 Å². The van der Waals surface area contributed by atoms with E-state index in [1.54, 1.807) is 7.11 Å². The molecule has 1 aliphatic rings. The number of benzene rings is 1. The number of hydrogen-bond acceptors (Lipinski definition) is 4. The molecule has 1 aliphatic carbocycles. The van der Waals surface area contributed by atoms with Crippen molar-refractivity contribution in [1.29, 1.82) is 0 Å². The standard InChI is InChI=1S/C30H49BrO4Si/c1-22(2)36(23(3)4,24(5)6)35-21-27(31)12-8-9-14-30(32)29-13-10-11-26(29)20-34-19-25-15-17-28(33-7)18-16-25/h8-9,12,15-18,22-24,26,29-30,32H,10-11,13-14,19-21H2,1-7H3/b9-8+,27-12-/t26-,29+,30-/m0/s1. The van der Waals surface area contributed by atoms with Crippen LogP contribution in [0.15, 0.2) is 47.0 Å². The fourth-order valence-electron chi connectivity index (χ4n) is 6.14. The lowest BCUT2D eigenvalue weighted by Gasteiger charge is -2.42. The van der Waals surface area contributed by atoms with Crippen molar-refractivity contribution < 1.29 is 19.0 Å². The maximum atomic E-state index is 10.9. The molecule has 0 heterocycles. The summed E-state index contributed by atoms with van der Waals surface area (Å²) >= 11 is 3.70. The fraction of sp³-hybridized carbons (Fsp3) is 0.667. The Labute approximate surface area is 229 Å². The molecule has 6 heteroatoms. The van der Waals surface area contributed by atoms with Gasteiger partial charge in [0.05, 0.1) is 33.0 Å². The summed E-state index contributed by atoms with van der Waals surface area (Å²) in [6.07, 6.45) is 9.90. The summed E-state index contributed by atoms with van der Waals surface area (Å²) in [7, 11) is -0.196. The monoisotopic (exact) mass is 580 g/mol. The summed E-state index contributed by atoms with van der Waals surface area (Å²) in [6, 6.07) is 8.00. The first-order valence-electron chi connectivity index (χ1n) is 13.7. The van der Waals surface area contributed by atoms with Crippen LogP contribution in [-0.4, -0.2) is 39.9 Å². The number of aliphatic hydroxyl groups is 1. The van der Waals surface area contributed by atoms with Crippen molar-refractivity contribution in [3.05, 3.63) is 52.5 Å². The topological polar surface area (TPSA) is 47.9 Å². The highest BCUT2D eigenvalue weighted by atomic mass is 79.9. The first kappa shape index (κ1) is 31.3. The largest absolute Gasteiger partial charge is 0.497 e. The van der Waals surface area contributed by atoms with E-state index in [9.17, 15) is 5.11 Å². The predicted molar refractivity (Wildman–Crippen MR) is 157 cm³/mol. The van der Waals surface area contributed by atoms with Gasteiger partial charge in [0.1, 0.15) is 5.75 Å². The van der Waals surface area contributed by atoms with Gasteiger partial charge in [-0.15, -0.1) is 0 Å². The first-order valence-corrected chi connectivity index (χ1v) is 16.6. The van der Waals surface area contributed by atoms with Crippen molar-refractivity contribution in [1.82, 2.24) is 0 Å². The number of hydrogen-bond donors (Lipinski definition) is 1. The zero-order chi connectivity index (χ0) is 26.7. The highest BCUT2D eigenvalue weighted by Crippen LogP contribution is 2.42. The van der Waals surface area contributed by atoms with E-state index in [1.165, 1.54) is 0 Å². The Morgan fingerprint density at radius 1 is 1.06 bits per heavy atom. The minimum atomic E-state index is -1.87. The fourth-order valence-corrected chi connectivity index (χ4v) is 12.0. The van der Waals surface area contributed by atoms with Crippen molar-refractivity contribution in [2.45, 2.75) is 96.6 Å². The van der Waals surface area contributed by atoms with Gasteiger partial charge in [0.25, 0.3) is 0 Å². The molecule has 1 saturated carbocycles. The molecule has 0 saturated heterocycles. The van der Waals surface area contributed by atoms with Crippen molar-refractivity contribution in [3.63, 3.8) is 0 Å². The molecule has 0 unspecified atom stereocenters. The number of halogens is 1. The molecule has 3 atom stereocenters. The zero-order valence-electron chi connectivity index (χ0n) is 23.5. The summed E-state index contributed by atoms with van der Waals surface area (Å²) in [4.78, 5) is 0. The van der Waals surface area contributed by atoms with Crippen LogP contribution in [0, 0.1) is 11.8 Å². The van der Waals surface area contributed by atoms with E-state index in [-0.39, 0.29) is 6.10 Å². The van der Waals surface area contributed by atoms with Gasteiger partial charge in [-0.05, 0) is 65.4 Å². The molecular formula is C30H49BrO4Si. The van der Waals surface area contributed by atoms with Crippen LogP contribution in [0.5, 0.6) is 5.75 Å². The number of ether oxygens (including phenoxy) is 2. The van der Waals surface area contributed by atoms with Gasteiger partial charge in [0.2, 0.25) is 8.32 Å². The first-order chi connectivity index (χ1) is 17.1.